The van der Waals surface area contributed by atoms with Crippen molar-refractivity contribution in [1.82, 2.24) is 0 Å². The molecule has 0 fully saturated rings. The van der Waals surface area contributed by atoms with Crippen LogP contribution in [0.3, 0.4) is 0 Å². The highest BCUT2D eigenvalue weighted by Crippen LogP contribution is 2.15. The standard InChI is InChI=1S/C47H86O6/c1-4-7-10-13-14-15-16-17-18-19-20-21-22-23-24-25-26-27-28-29-30-31-32-35-37-40-46(49)52-43-44(53-47(50)41-38-34-12-9-6-3)42-51-45(48)39-36-33-11-8-5-2/h16-17,19-20,44H,4-15,18,21-43H2,1-3H3/b17-16-,20-19-. The van der Waals surface area contributed by atoms with Crippen molar-refractivity contribution in [3.63, 3.8) is 0 Å². The molecule has 0 aliphatic heterocycles. The number of unbranched alkanes of at least 4 members (excludes halogenated alkanes) is 26. The van der Waals surface area contributed by atoms with Crippen LogP contribution in [-0.2, 0) is 28.6 Å². The monoisotopic (exact) mass is 747 g/mol. The minimum Gasteiger partial charge on any atom is -0.462 e. The van der Waals surface area contributed by atoms with Crippen LogP contribution in [0.25, 0.3) is 0 Å². The van der Waals surface area contributed by atoms with E-state index in [1.54, 1.807) is 0 Å². The van der Waals surface area contributed by atoms with Gasteiger partial charge in [-0.25, -0.2) is 0 Å². The zero-order valence-corrected chi connectivity index (χ0v) is 35.3. The van der Waals surface area contributed by atoms with Crippen LogP contribution in [0.1, 0.15) is 239 Å². The lowest BCUT2D eigenvalue weighted by molar-refractivity contribution is -0.167. The van der Waals surface area contributed by atoms with E-state index < -0.39 is 6.10 Å². The molecule has 0 heterocycles. The van der Waals surface area contributed by atoms with Gasteiger partial charge >= 0.3 is 17.9 Å². The molecule has 0 saturated heterocycles. The fourth-order valence-electron chi connectivity index (χ4n) is 6.47. The number of allylic oxidation sites excluding steroid dienone is 4. The summed E-state index contributed by atoms with van der Waals surface area (Å²) >= 11 is 0. The SMILES string of the molecule is CCCCCCC/C=C\C/C=C\CCCCCCCCCCCCCCCC(=O)OCC(COC(=O)CCCCCCC)OC(=O)CCCCCCC. The first kappa shape index (κ1) is 50.9. The van der Waals surface area contributed by atoms with Crippen molar-refractivity contribution in [3.8, 4) is 0 Å². The van der Waals surface area contributed by atoms with Gasteiger partial charge in [0.2, 0.25) is 0 Å². The first-order valence-corrected chi connectivity index (χ1v) is 22.8. The Bertz CT molecular complexity index is 865. The van der Waals surface area contributed by atoms with Crippen LogP contribution < -0.4 is 0 Å². The third-order valence-electron chi connectivity index (χ3n) is 9.96. The second kappa shape index (κ2) is 42.6. The Hall–Kier alpha value is -2.11. The summed E-state index contributed by atoms with van der Waals surface area (Å²) in [6.45, 7) is 6.45. The van der Waals surface area contributed by atoms with Crippen LogP contribution in [0, 0.1) is 0 Å². The van der Waals surface area contributed by atoms with Gasteiger partial charge in [-0.1, -0.05) is 193 Å². The molecule has 0 aromatic rings. The second-order valence-corrected chi connectivity index (χ2v) is 15.3. The molecule has 1 atom stereocenters. The van der Waals surface area contributed by atoms with Gasteiger partial charge in [-0.15, -0.1) is 0 Å². The van der Waals surface area contributed by atoms with Crippen molar-refractivity contribution in [3.05, 3.63) is 24.3 Å². The summed E-state index contributed by atoms with van der Waals surface area (Å²) in [5, 5.41) is 0. The summed E-state index contributed by atoms with van der Waals surface area (Å²) in [5.74, 6) is -0.897. The van der Waals surface area contributed by atoms with E-state index in [2.05, 4.69) is 45.1 Å². The van der Waals surface area contributed by atoms with E-state index in [1.807, 2.05) is 0 Å². The van der Waals surface area contributed by atoms with Gasteiger partial charge in [0.15, 0.2) is 6.10 Å². The highest BCUT2D eigenvalue weighted by Gasteiger charge is 2.19. The van der Waals surface area contributed by atoms with Crippen LogP contribution in [-0.4, -0.2) is 37.2 Å². The largest absolute Gasteiger partial charge is 0.462 e. The predicted octanol–water partition coefficient (Wildman–Crippen LogP) is 14.4. The number of hydrogen-bond acceptors (Lipinski definition) is 6. The molecule has 0 rings (SSSR count). The van der Waals surface area contributed by atoms with Gasteiger partial charge < -0.3 is 14.2 Å². The fraction of sp³-hybridized carbons (Fsp3) is 0.851. The minimum atomic E-state index is -0.759. The Morgan fingerprint density at radius 3 is 1.04 bits per heavy atom. The molecular formula is C47H86O6. The zero-order chi connectivity index (χ0) is 38.7. The average molecular weight is 747 g/mol. The summed E-state index contributed by atoms with van der Waals surface area (Å²) in [6.07, 6.45) is 46.7. The van der Waals surface area contributed by atoms with Crippen molar-refractivity contribution in [2.45, 2.75) is 245 Å². The van der Waals surface area contributed by atoms with Crippen LogP contribution in [0.4, 0.5) is 0 Å². The van der Waals surface area contributed by atoms with Crippen LogP contribution in [0.15, 0.2) is 24.3 Å². The van der Waals surface area contributed by atoms with Gasteiger partial charge in [0, 0.05) is 19.3 Å². The second-order valence-electron chi connectivity index (χ2n) is 15.3. The van der Waals surface area contributed by atoms with Crippen molar-refractivity contribution in [1.29, 1.82) is 0 Å². The average Bonchev–Trinajstić information content (AvgIpc) is 3.15. The smallest absolute Gasteiger partial charge is 0.306 e. The molecule has 0 radical (unpaired) electrons. The molecule has 0 saturated carbocycles. The molecule has 0 bridgehead atoms. The Morgan fingerprint density at radius 1 is 0.377 bits per heavy atom. The minimum absolute atomic E-state index is 0.0705. The molecule has 6 nitrogen and oxygen atoms in total. The maximum atomic E-state index is 12.4. The normalized spacial score (nSPS) is 12.1. The Kier molecular flexibility index (Phi) is 40.9. The van der Waals surface area contributed by atoms with E-state index in [1.165, 1.54) is 122 Å². The van der Waals surface area contributed by atoms with Crippen molar-refractivity contribution in [2.24, 2.45) is 0 Å². The van der Waals surface area contributed by atoms with E-state index in [0.29, 0.717) is 19.3 Å². The first-order valence-electron chi connectivity index (χ1n) is 22.8. The number of rotatable bonds is 41. The van der Waals surface area contributed by atoms with Crippen LogP contribution >= 0.6 is 0 Å². The van der Waals surface area contributed by atoms with Crippen molar-refractivity contribution in [2.75, 3.05) is 13.2 Å². The summed E-state index contributed by atoms with van der Waals surface area (Å²) < 4.78 is 16.4. The third kappa shape index (κ3) is 40.9. The van der Waals surface area contributed by atoms with E-state index in [9.17, 15) is 14.4 Å². The Labute approximate surface area is 328 Å². The van der Waals surface area contributed by atoms with Gasteiger partial charge in [0.25, 0.3) is 0 Å². The Balaban J connectivity index is 3.87. The van der Waals surface area contributed by atoms with E-state index >= 15 is 0 Å². The highest BCUT2D eigenvalue weighted by atomic mass is 16.6. The molecule has 0 aromatic heterocycles. The van der Waals surface area contributed by atoms with Gasteiger partial charge in [0.05, 0.1) is 0 Å². The molecule has 0 aliphatic carbocycles. The number of carbonyl (C=O) groups excluding carboxylic acids is 3. The molecule has 0 spiro atoms. The number of hydrogen-bond donors (Lipinski definition) is 0. The van der Waals surface area contributed by atoms with E-state index in [4.69, 9.17) is 14.2 Å². The lowest BCUT2D eigenvalue weighted by Gasteiger charge is -2.18. The number of ether oxygens (including phenoxy) is 3. The van der Waals surface area contributed by atoms with Crippen molar-refractivity contribution < 1.29 is 28.6 Å². The molecule has 310 valence electrons. The van der Waals surface area contributed by atoms with Crippen LogP contribution in [0.2, 0.25) is 0 Å². The molecule has 0 N–H and O–H groups in total. The summed E-state index contributed by atoms with van der Waals surface area (Å²) in [7, 11) is 0. The molecule has 6 heteroatoms. The molecule has 0 aromatic carbocycles. The van der Waals surface area contributed by atoms with Crippen molar-refractivity contribution >= 4 is 17.9 Å². The lowest BCUT2D eigenvalue weighted by Crippen LogP contribution is -2.30. The summed E-state index contributed by atoms with van der Waals surface area (Å²) in [5.41, 5.74) is 0. The molecule has 53 heavy (non-hydrogen) atoms. The molecule has 0 aliphatic rings. The van der Waals surface area contributed by atoms with E-state index in [-0.39, 0.29) is 31.1 Å². The quantitative estimate of drug-likeness (QED) is 0.0268. The summed E-state index contributed by atoms with van der Waals surface area (Å²) in [6, 6.07) is 0. The van der Waals surface area contributed by atoms with E-state index in [0.717, 1.165) is 77.0 Å². The van der Waals surface area contributed by atoms with Gasteiger partial charge in [-0.05, 0) is 51.4 Å². The maximum Gasteiger partial charge on any atom is 0.306 e. The third-order valence-corrected chi connectivity index (χ3v) is 9.96. The van der Waals surface area contributed by atoms with Gasteiger partial charge in [0.1, 0.15) is 13.2 Å². The van der Waals surface area contributed by atoms with Gasteiger partial charge in [-0.3, -0.25) is 14.4 Å². The summed E-state index contributed by atoms with van der Waals surface area (Å²) in [4.78, 5) is 37.1. The van der Waals surface area contributed by atoms with Gasteiger partial charge in [-0.2, -0.15) is 0 Å². The number of esters is 3. The lowest BCUT2D eigenvalue weighted by atomic mass is 10.0. The van der Waals surface area contributed by atoms with Crippen LogP contribution in [0.5, 0.6) is 0 Å². The fourth-order valence-corrected chi connectivity index (χ4v) is 6.47. The zero-order valence-electron chi connectivity index (χ0n) is 35.3. The highest BCUT2D eigenvalue weighted by molar-refractivity contribution is 5.71. The molecule has 1 unspecified atom stereocenters. The molecular weight excluding hydrogens is 661 g/mol. The Morgan fingerprint density at radius 2 is 0.679 bits per heavy atom. The molecule has 0 amide bonds. The number of carbonyl (C=O) groups is 3. The first-order chi connectivity index (χ1) is 26.0. The predicted molar refractivity (Wildman–Crippen MR) is 224 cm³/mol. The maximum absolute atomic E-state index is 12.4. The topological polar surface area (TPSA) is 78.9 Å².